The first-order valence-corrected chi connectivity index (χ1v) is 7.83. The molecule has 4 nitrogen and oxygen atoms in total. The highest BCUT2D eigenvalue weighted by atomic mass is 16.5. The maximum Gasteiger partial charge on any atom is 0.253 e. The number of hydrogen-bond donors (Lipinski definition) is 2. The van der Waals surface area contributed by atoms with Gasteiger partial charge in [-0.3, -0.25) is 4.79 Å². The van der Waals surface area contributed by atoms with Gasteiger partial charge in [0.15, 0.2) is 0 Å². The second kappa shape index (κ2) is 5.58. The Morgan fingerprint density at radius 1 is 1.38 bits per heavy atom. The van der Waals surface area contributed by atoms with Crippen LogP contribution in [0.5, 0.6) is 5.75 Å². The number of carbonyl (C=O) groups excluding carboxylic acids is 1. The van der Waals surface area contributed by atoms with Crippen molar-refractivity contribution in [2.75, 3.05) is 12.8 Å². The number of nitrogen functional groups attached to an aromatic ring is 1. The van der Waals surface area contributed by atoms with Crippen LogP contribution in [-0.4, -0.2) is 19.1 Å². The summed E-state index contributed by atoms with van der Waals surface area (Å²) in [5.41, 5.74) is 6.94. The van der Waals surface area contributed by atoms with Crippen LogP contribution in [0.4, 0.5) is 5.69 Å². The SMILES string of the molecule is COc1ccc(C(=O)NC(C)C2CC3CCC2C3)c(N)c1. The van der Waals surface area contributed by atoms with Crippen LogP contribution in [-0.2, 0) is 0 Å². The van der Waals surface area contributed by atoms with Crippen LogP contribution in [0, 0.1) is 17.8 Å². The molecule has 4 unspecified atom stereocenters. The summed E-state index contributed by atoms with van der Waals surface area (Å²) in [6.45, 7) is 2.13. The van der Waals surface area contributed by atoms with Crippen LogP contribution in [0.15, 0.2) is 18.2 Å². The van der Waals surface area contributed by atoms with Crippen LogP contribution in [0.3, 0.4) is 0 Å². The molecule has 2 aliphatic carbocycles. The normalized spacial score (nSPS) is 28.4. The van der Waals surface area contributed by atoms with Gasteiger partial charge in [0.05, 0.1) is 12.7 Å². The number of methoxy groups -OCH3 is 1. The number of anilines is 1. The second-order valence-electron chi connectivity index (χ2n) is 6.55. The van der Waals surface area contributed by atoms with E-state index >= 15 is 0 Å². The van der Waals surface area contributed by atoms with E-state index in [4.69, 9.17) is 10.5 Å². The number of benzene rings is 1. The molecule has 2 fully saturated rings. The summed E-state index contributed by atoms with van der Waals surface area (Å²) < 4.78 is 5.11. The fourth-order valence-corrected chi connectivity index (χ4v) is 4.17. The summed E-state index contributed by atoms with van der Waals surface area (Å²) in [5, 5.41) is 3.14. The molecule has 3 rings (SSSR count). The van der Waals surface area contributed by atoms with Crippen molar-refractivity contribution < 1.29 is 9.53 Å². The zero-order valence-corrected chi connectivity index (χ0v) is 12.8. The molecule has 1 aromatic carbocycles. The van der Waals surface area contributed by atoms with Crippen molar-refractivity contribution >= 4 is 11.6 Å². The minimum atomic E-state index is -0.0783. The Bertz CT molecular complexity index is 544. The van der Waals surface area contributed by atoms with E-state index in [9.17, 15) is 4.79 Å². The number of nitrogens with one attached hydrogen (secondary N) is 1. The summed E-state index contributed by atoms with van der Waals surface area (Å²) in [6, 6.07) is 5.41. The Labute approximate surface area is 126 Å². The summed E-state index contributed by atoms with van der Waals surface area (Å²) in [6.07, 6.45) is 5.34. The molecule has 0 aromatic heterocycles. The average molecular weight is 288 g/mol. The van der Waals surface area contributed by atoms with Crippen LogP contribution >= 0.6 is 0 Å². The van der Waals surface area contributed by atoms with Crippen molar-refractivity contribution in [2.45, 2.75) is 38.6 Å². The van der Waals surface area contributed by atoms with Gasteiger partial charge in [0.25, 0.3) is 5.91 Å². The predicted octanol–water partition coefficient (Wildman–Crippen LogP) is 2.83. The highest BCUT2D eigenvalue weighted by Gasteiger charge is 2.42. The molecule has 2 aliphatic rings. The van der Waals surface area contributed by atoms with Crippen molar-refractivity contribution in [3.8, 4) is 5.75 Å². The molecule has 0 aliphatic heterocycles. The molecule has 2 saturated carbocycles. The van der Waals surface area contributed by atoms with Crippen molar-refractivity contribution in [1.29, 1.82) is 0 Å². The van der Waals surface area contributed by atoms with E-state index in [-0.39, 0.29) is 11.9 Å². The molecule has 4 heteroatoms. The number of ether oxygens (including phenoxy) is 1. The van der Waals surface area contributed by atoms with Crippen LogP contribution in [0.2, 0.25) is 0 Å². The topological polar surface area (TPSA) is 64.3 Å². The van der Waals surface area contributed by atoms with E-state index in [2.05, 4.69) is 12.2 Å². The lowest BCUT2D eigenvalue weighted by atomic mass is 9.84. The van der Waals surface area contributed by atoms with Gasteiger partial charge in [-0.2, -0.15) is 0 Å². The Balaban J connectivity index is 1.66. The lowest BCUT2D eigenvalue weighted by Crippen LogP contribution is -2.40. The molecule has 1 aromatic rings. The van der Waals surface area contributed by atoms with Crippen molar-refractivity contribution in [3.05, 3.63) is 23.8 Å². The van der Waals surface area contributed by atoms with Gasteiger partial charge >= 0.3 is 0 Å². The second-order valence-corrected chi connectivity index (χ2v) is 6.55. The van der Waals surface area contributed by atoms with E-state index in [1.165, 1.54) is 25.7 Å². The van der Waals surface area contributed by atoms with E-state index in [1.54, 1.807) is 25.3 Å². The van der Waals surface area contributed by atoms with E-state index in [0.717, 1.165) is 11.8 Å². The summed E-state index contributed by atoms with van der Waals surface area (Å²) in [4.78, 5) is 12.4. The molecule has 0 spiro atoms. The monoisotopic (exact) mass is 288 g/mol. The zero-order chi connectivity index (χ0) is 15.0. The highest BCUT2D eigenvalue weighted by Crippen LogP contribution is 2.49. The molecule has 21 heavy (non-hydrogen) atoms. The number of amides is 1. The third kappa shape index (κ3) is 2.71. The largest absolute Gasteiger partial charge is 0.497 e. The van der Waals surface area contributed by atoms with Crippen LogP contribution in [0.25, 0.3) is 0 Å². The molecular formula is C17H24N2O2. The maximum absolute atomic E-state index is 12.4. The van der Waals surface area contributed by atoms with Gasteiger partial charge in [0.2, 0.25) is 0 Å². The van der Waals surface area contributed by atoms with Crippen molar-refractivity contribution in [3.63, 3.8) is 0 Å². The Morgan fingerprint density at radius 2 is 2.19 bits per heavy atom. The molecule has 3 N–H and O–H groups in total. The van der Waals surface area contributed by atoms with Gasteiger partial charge in [-0.15, -0.1) is 0 Å². The molecule has 1 amide bonds. The minimum absolute atomic E-state index is 0.0783. The minimum Gasteiger partial charge on any atom is -0.497 e. The number of hydrogen-bond acceptors (Lipinski definition) is 3. The summed E-state index contributed by atoms with van der Waals surface area (Å²) in [7, 11) is 1.59. The first kappa shape index (κ1) is 14.2. The maximum atomic E-state index is 12.4. The molecule has 0 saturated heterocycles. The van der Waals surface area contributed by atoms with Crippen LogP contribution in [0.1, 0.15) is 43.0 Å². The number of fused-ring (bicyclic) bond motifs is 2. The smallest absolute Gasteiger partial charge is 0.253 e. The lowest BCUT2D eigenvalue weighted by molar-refractivity contribution is 0.0916. The molecule has 114 valence electrons. The first-order valence-electron chi connectivity index (χ1n) is 7.83. The molecule has 2 bridgehead atoms. The molecule has 0 radical (unpaired) electrons. The third-order valence-electron chi connectivity index (χ3n) is 5.30. The van der Waals surface area contributed by atoms with E-state index < -0.39 is 0 Å². The van der Waals surface area contributed by atoms with E-state index in [1.807, 2.05) is 0 Å². The first-order chi connectivity index (χ1) is 10.1. The Morgan fingerprint density at radius 3 is 2.76 bits per heavy atom. The fraction of sp³-hybridized carbons (Fsp3) is 0.588. The summed E-state index contributed by atoms with van der Waals surface area (Å²) in [5.74, 6) is 2.92. The molecular weight excluding hydrogens is 264 g/mol. The summed E-state index contributed by atoms with van der Waals surface area (Å²) >= 11 is 0. The average Bonchev–Trinajstić information content (AvgIpc) is 3.09. The van der Waals surface area contributed by atoms with Gasteiger partial charge in [0, 0.05) is 17.8 Å². The highest BCUT2D eigenvalue weighted by molar-refractivity contribution is 5.99. The van der Waals surface area contributed by atoms with E-state index in [0.29, 0.717) is 22.9 Å². The van der Waals surface area contributed by atoms with Crippen LogP contribution < -0.4 is 15.8 Å². The molecule has 4 atom stereocenters. The number of rotatable bonds is 4. The van der Waals surface area contributed by atoms with Gasteiger partial charge in [0.1, 0.15) is 5.75 Å². The Kier molecular flexibility index (Phi) is 3.79. The fourth-order valence-electron chi connectivity index (χ4n) is 4.17. The van der Waals surface area contributed by atoms with Gasteiger partial charge in [-0.05, 0) is 56.1 Å². The number of nitrogens with two attached hydrogens (primary N) is 1. The Hall–Kier alpha value is -1.71. The third-order valence-corrected chi connectivity index (χ3v) is 5.30. The lowest BCUT2D eigenvalue weighted by Gasteiger charge is -2.28. The van der Waals surface area contributed by atoms with Gasteiger partial charge in [-0.25, -0.2) is 0 Å². The van der Waals surface area contributed by atoms with Crippen molar-refractivity contribution in [2.24, 2.45) is 17.8 Å². The quantitative estimate of drug-likeness (QED) is 0.837. The zero-order valence-electron chi connectivity index (χ0n) is 12.8. The number of carbonyl (C=O) groups is 1. The molecule has 0 heterocycles. The predicted molar refractivity (Wildman–Crippen MR) is 83.3 cm³/mol. The van der Waals surface area contributed by atoms with Crippen molar-refractivity contribution in [1.82, 2.24) is 5.32 Å². The standard InChI is InChI=1S/C17H24N2O2/c1-10(15-8-11-3-4-12(15)7-11)19-17(20)14-6-5-13(21-2)9-16(14)18/h5-6,9-12,15H,3-4,7-8,18H2,1-2H3,(H,19,20). The van der Waals surface area contributed by atoms with Gasteiger partial charge < -0.3 is 15.8 Å². The van der Waals surface area contributed by atoms with Gasteiger partial charge in [-0.1, -0.05) is 6.42 Å².